The minimum Gasteiger partial charge on any atom is -0.497 e. The molecule has 4 heteroatoms. The smallest absolute Gasteiger partial charge is 0.232 e. The van der Waals surface area contributed by atoms with Crippen molar-refractivity contribution >= 4 is 11.6 Å². The molecule has 16 heavy (non-hydrogen) atoms. The molecule has 1 aliphatic heterocycles. The van der Waals surface area contributed by atoms with Crippen molar-refractivity contribution in [2.45, 2.75) is 13.0 Å². The molecule has 0 aromatic heterocycles. The summed E-state index contributed by atoms with van der Waals surface area (Å²) < 4.78 is 17.7. The van der Waals surface area contributed by atoms with Gasteiger partial charge in [-0.15, -0.1) is 0 Å². The van der Waals surface area contributed by atoms with E-state index in [0.717, 1.165) is 11.4 Å². The number of hydrogen-bond acceptors (Lipinski definition) is 2. The highest BCUT2D eigenvalue weighted by Gasteiger charge is 2.44. The Morgan fingerprint density at radius 1 is 1.38 bits per heavy atom. The molecule has 1 saturated heterocycles. The molecule has 86 valence electrons. The van der Waals surface area contributed by atoms with Crippen LogP contribution in [-0.2, 0) is 4.79 Å². The first kappa shape index (κ1) is 10.9. The van der Waals surface area contributed by atoms with Crippen LogP contribution in [0.15, 0.2) is 24.3 Å². The van der Waals surface area contributed by atoms with Gasteiger partial charge >= 0.3 is 0 Å². The minimum absolute atomic E-state index is 0.0205. The molecule has 0 spiro atoms. The van der Waals surface area contributed by atoms with Crippen LogP contribution >= 0.6 is 0 Å². The fraction of sp³-hybridized carbons (Fsp3) is 0.417. The number of rotatable bonds is 3. The number of benzene rings is 1. The van der Waals surface area contributed by atoms with Crippen molar-refractivity contribution in [1.82, 2.24) is 0 Å². The number of carbonyl (C=O) groups is 1. The molecule has 0 aliphatic carbocycles. The van der Waals surface area contributed by atoms with Crippen molar-refractivity contribution in [2.75, 3.05) is 18.7 Å². The molecule has 0 N–H and O–H groups in total. The van der Waals surface area contributed by atoms with Gasteiger partial charge in [-0.3, -0.25) is 4.79 Å². The number of nitrogens with zero attached hydrogens (tertiary/aromatic N) is 1. The van der Waals surface area contributed by atoms with Crippen molar-refractivity contribution in [1.29, 1.82) is 0 Å². The van der Waals surface area contributed by atoms with E-state index in [1.54, 1.807) is 38.3 Å². The lowest BCUT2D eigenvalue weighted by atomic mass is 9.89. The Morgan fingerprint density at radius 3 is 2.50 bits per heavy atom. The van der Waals surface area contributed by atoms with Crippen LogP contribution in [0.25, 0.3) is 0 Å². The van der Waals surface area contributed by atoms with Gasteiger partial charge < -0.3 is 9.64 Å². The van der Waals surface area contributed by atoms with Crippen LogP contribution < -0.4 is 9.64 Å². The number of amides is 1. The van der Waals surface area contributed by atoms with E-state index in [2.05, 4.69) is 0 Å². The maximum absolute atomic E-state index is 12.7. The van der Waals surface area contributed by atoms with Crippen LogP contribution in [0.1, 0.15) is 6.92 Å². The standard InChI is InChI=1S/C12H14FNO2/c1-8-11(7-13)14(12(8)15)9-3-5-10(16-2)6-4-9/h3-6,8,11H,7H2,1-2H3/t8-,11-/m0/s1. The molecule has 0 radical (unpaired) electrons. The second kappa shape index (κ2) is 4.12. The van der Waals surface area contributed by atoms with Gasteiger partial charge in [0, 0.05) is 5.69 Å². The summed E-state index contributed by atoms with van der Waals surface area (Å²) in [5.74, 6) is 0.487. The van der Waals surface area contributed by atoms with E-state index in [9.17, 15) is 9.18 Å². The third-order valence-corrected chi connectivity index (χ3v) is 3.04. The Balaban J connectivity index is 2.20. The van der Waals surface area contributed by atoms with Crippen LogP contribution in [0.2, 0.25) is 0 Å². The topological polar surface area (TPSA) is 29.5 Å². The van der Waals surface area contributed by atoms with E-state index in [1.165, 1.54) is 4.90 Å². The van der Waals surface area contributed by atoms with Crippen molar-refractivity contribution < 1.29 is 13.9 Å². The van der Waals surface area contributed by atoms with Gasteiger partial charge in [0.1, 0.15) is 12.4 Å². The van der Waals surface area contributed by atoms with Gasteiger partial charge in [0.05, 0.1) is 19.1 Å². The summed E-state index contributed by atoms with van der Waals surface area (Å²) in [5.41, 5.74) is 0.728. The van der Waals surface area contributed by atoms with E-state index in [-0.39, 0.29) is 17.9 Å². The first-order valence-electron chi connectivity index (χ1n) is 5.22. The van der Waals surface area contributed by atoms with Crippen LogP contribution in [0.4, 0.5) is 10.1 Å². The molecule has 3 nitrogen and oxygen atoms in total. The first-order valence-corrected chi connectivity index (χ1v) is 5.22. The minimum atomic E-state index is -0.501. The van der Waals surface area contributed by atoms with Crippen LogP contribution in [-0.4, -0.2) is 25.7 Å². The largest absolute Gasteiger partial charge is 0.497 e. The van der Waals surface area contributed by atoms with E-state index < -0.39 is 6.67 Å². The molecule has 0 unspecified atom stereocenters. The normalized spacial score (nSPS) is 24.2. The van der Waals surface area contributed by atoms with Crippen molar-refractivity contribution in [3.63, 3.8) is 0 Å². The summed E-state index contributed by atoms with van der Waals surface area (Å²) in [6, 6.07) is 6.75. The predicted octanol–water partition coefficient (Wildman–Crippen LogP) is 2.02. The molecule has 2 atom stereocenters. The highest BCUT2D eigenvalue weighted by Crippen LogP contribution is 2.33. The number of halogens is 1. The van der Waals surface area contributed by atoms with Gasteiger partial charge in [-0.2, -0.15) is 0 Å². The maximum Gasteiger partial charge on any atom is 0.232 e. The molecule has 1 heterocycles. The Labute approximate surface area is 93.8 Å². The Morgan fingerprint density at radius 2 is 2.00 bits per heavy atom. The fourth-order valence-electron chi connectivity index (χ4n) is 1.95. The number of anilines is 1. The molecular weight excluding hydrogens is 209 g/mol. The van der Waals surface area contributed by atoms with Gasteiger partial charge in [0.25, 0.3) is 0 Å². The zero-order valence-corrected chi connectivity index (χ0v) is 9.31. The maximum atomic E-state index is 12.7. The number of β-lactam (4-membered cyclic amide) rings is 1. The zero-order chi connectivity index (χ0) is 11.7. The second-order valence-corrected chi connectivity index (χ2v) is 3.92. The van der Waals surface area contributed by atoms with E-state index in [0.29, 0.717) is 0 Å². The summed E-state index contributed by atoms with van der Waals surface area (Å²) in [6.45, 7) is 1.26. The number of ether oxygens (including phenoxy) is 1. The second-order valence-electron chi connectivity index (χ2n) is 3.92. The predicted molar refractivity (Wildman–Crippen MR) is 59.4 cm³/mol. The SMILES string of the molecule is COc1ccc(N2C(=O)[C@@H](C)[C@@H]2CF)cc1. The van der Waals surface area contributed by atoms with Gasteiger partial charge in [-0.25, -0.2) is 4.39 Å². The number of carbonyl (C=O) groups excluding carboxylic acids is 1. The average Bonchev–Trinajstić information content (AvgIpc) is 2.34. The van der Waals surface area contributed by atoms with Crippen molar-refractivity contribution in [3.8, 4) is 5.75 Å². The number of alkyl halides is 1. The van der Waals surface area contributed by atoms with Crippen LogP contribution in [0, 0.1) is 5.92 Å². The lowest BCUT2D eigenvalue weighted by Gasteiger charge is -2.44. The summed E-state index contributed by atoms with van der Waals surface area (Å²) in [5, 5.41) is 0. The Hall–Kier alpha value is -1.58. The van der Waals surface area contributed by atoms with E-state index in [1.807, 2.05) is 0 Å². The summed E-state index contributed by atoms with van der Waals surface area (Å²) in [6.07, 6.45) is 0. The Kier molecular flexibility index (Phi) is 2.81. The molecule has 1 aromatic rings. The molecule has 1 amide bonds. The van der Waals surface area contributed by atoms with E-state index in [4.69, 9.17) is 4.74 Å². The quantitative estimate of drug-likeness (QED) is 0.734. The molecule has 0 bridgehead atoms. The first-order chi connectivity index (χ1) is 7.69. The zero-order valence-electron chi connectivity index (χ0n) is 9.31. The third kappa shape index (κ3) is 1.54. The fourth-order valence-corrected chi connectivity index (χ4v) is 1.95. The molecule has 1 fully saturated rings. The summed E-state index contributed by atoms with van der Waals surface area (Å²) in [4.78, 5) is 13.1. The summed E-state index contributed by atoms with van der Waals surface area (Å²) >= 11 is 0. The summed E-state index contributed by atoms with van der Waals surface area (Å²) in [7, 11) is 1.58. The average molecular weight is 223 g/mol. The number of methoxy groups -OCH3 is 1. The van der Waals surface area contributed by atoms with Gasteiger partial charge in [0.2, 0.25) is 5.91 Å². The van der Waals surface area contributed by atoms with Gasteiger partial charge in [0.15, 0.2) is 0 Å². The lowest BCUT2D eigenvalue weighted by molar-refractivity contribution is -0.129. The van der Waals surface area contributed by atoms with E-state index >= 15 is 0 Å². The van der Waals surface area contributed by atoms with Crippen molar-refractivity contribution in [2.24, 2.45) is 5.92 Å². The number of hydrogen-bond donors (Lipinski definition) is 0. The van der Waals surface area contributed by atoms with Crippen molar-refractivity contribution in [3.05, 3.63) is 24.3 Å². The molecular formula is C12H14FNO2. The van der Waals surface area contributed by atoms with Crippen LogP contribution in [0.3, 0.4) is 0 Å². The van der Waals surface area contributed by atoms with Crippen LogP contribution in [0.5, 0.6) is 5.75 Å². The van der Waals surface area contributed by atoms with Gasteiger partial charge in [-0.1, -0.05) is 6.92 Å². The molecule has 1 aliphatic rings. The molecule has 1 aromatic carbocycles. The Bertz CT molecular complexity index is 391. The van der Waals surface area contributed by atoms with Gasteiger partial charge in [-0.05, 0) is 24.3 Å². The highest BCUT2D eigenvalue weighted by molar-refractivity contribution is 6.02. The molecule has 0 saturated carbocycles. The third-order valence-electron chi connectivity index (χ3n) is 3.04. The monoisotopic (exact) mass is 223 g/mol. The highest BCUT2D eigenvalue weighted by atomic mass is 19.1. The molecule has 2 rings (SSSR count). The lowest BCUT2D eigenvalue weighted by Crippen LogP contribution is -2.61.